The molecule has 0 aliphatic heterocycles. The van der Waals surface area contributed by atoms with Crippen molar-refractivity contribution in [2.75, 3.05) is 11.9 Å². The summed E-state index contributed by atoms with van der Waals surface area (Å²) in [6.07, 6.45) is -0.557. The van der Waals surface area contributed by atoms with Crippen molar-refractivity contribution in [2.45, 2.75) is 18.9 Å². The van der Waals surface area contributed by atoms with E-state index in [4.69, 9.17) is 5.11 Å². The van der Waals surface area contributed by atoms with Gasteiger partial charge in [0.2, 0.25) is 0 Å². The molecule has 1 aromatic rings. The Hall–Kier alpha value is -2.22. The quantitative estimate of drug-likeness (QED) is 0.656. The van der Waals surface area contributed by atoms with E-state index >= 15 is 0 Å². The number of benzene rings is 1. The van der Waals surface area contributed by atoms with Crippen LogP contribution >= 0.6 is 0 Å². The second-order valence-corrected chi connectivity index (χ2v) is 4.50. The van der Waals surface area contributed by atoms with Gasteiger partial charge < -0.3 is 20.8 Å². The molecule has 0 fully saturated rings. The molecule has 0 saturated carbocycles. The predicted octanol–water partition coefficient (Wildman–Crippen LogP) is 1.31. The van der Waals surface area contributed by atoms with Crippen molar-refractivity contribution >= 4 is 17.7 Å². The molecule has 0 heterocycles. The summed E-state index contributed by atoms with van der Waals surface area (Å²) in [6.45, 7) is 0.897. The van der Waals surface area contributed by atoms with Gasteiger partial charge in [-0.1, -0.05) is 0 Å². The zero-order valence-corrected chi connectivity index (χ0v) is 10.6. The Bertz CT molecular complexity index is 520. The van der Waals surface area contributed by atoms with E-state index < -0.39 is 35.7 Å². The molecule has 0 radical (unpaired) electrons. The maximum absolute atomic E-state index is 13.2. The lowest BCUT2D eigenvalue weighted by Gasteiger charge is -2.21. The van der Waals surface area contributed by atoms with E-state index in [1.807, 2.05) is 0 Å². The first-order valence-corrected chi connectivity index (χ1v) is 5.64. The van der Waals surface area contributed by atoms with Crippen LogP contribution in [-0.4, -0.2) is 34.4 Å². The van der Waals surface area contributed by atoms with Crippen molar-refractivity contribution < 1.29 is 28.6 Å². The number of nitrogens with one attached hydrogen (secondary N) is 2. The number of urea groups is 1. The number of carbonyl (C=O) groups is 2. The van der Waals surface area contributed by atoms with Crippen LogP contribution in [0.5, 0.6) is 0 Å². The monoisotopic (exact) mass is 288 g/mol. The van der Waals surface area contributed by atoms with Gasteiger partial charge in [-0.15, -0.1) is 0 Å². The van der Waals surface area contributed by atoms with Gasteiger partial charge >= 0.3 is 12.0 Å². The molecular formula is C12H14F2N2O4. The fourth-order valence-corrected chi connectivity index (χ4v) is 1.42. The van der Waals surface area contributed by atoms with Crippen LogP contribution in [0.1, 0.15) is 13.3 Å². The van der Waals surface area contributed by atoms with Crippen LogP contribution in [0.15, 0.2) is 18.2 Å². The molecule has 1 unspecified atom stereocenters. The average Bonchev–Trinajstić information content (AvgIpc) is 2.29. The summed E-state index contributed by atoms with van der Waals surface area (Å²) in [5.41, 5.74) is -1.87. The van der Waals surface area contributed by atoms with Crippen LogP contribution in [0.25, 0.3) is 0 Å². The molecule has 1 aromatic carbocycles. The lowest BCUT2D eigenvalue weighted by atomic mass is 10.0. The first kappa shape index (κ1) is 15.8. The zero-order valence-electron chi connectivity index (χ0n) is 10.6. The van der Waals surface area contributed by atoms with Crippen LogP contribution in [0.3, 0.4) is 0 Å². The predicted molar refractivity (Wildman–Crippen MR) is 66.3 cm³/mol. The Balaban J connectivity index is 2.54. The van der Waals surface area contributed by atoms with Gasteiger partial charge in [-0.25, -0.2) is 13.6 Å². The molecule has 0 saturated heterocycles. The third-order valence-corrected chi connectivity index (χ3v) is 2.34. The summed E-state index contributed by atoms with van der Waals surface area (Å²) in [5, 5.41) is 22.5. The van der Waals surface area contributed by atoms with Gasteiger partial charge in [0.25, 0.3) is 0 Å². The van der Waals surface area contributed by atoms with Crippen molar-refractivity contribution in [2.24, 2.45) is 0 Å². The molecule has 0 spiro atoms. The van der Waals surface area contributed by atoms with E-state index in [1.165, 1.54) is 6.92 Å². The molecule has 4 N–H and O–H groups in total. The minimum Gasteiger partial charge on any atom is -0.481 e. The number of carboxylic acid groups (broad SMARTS) is 1. The van der Waals surface area contributed by atoms with E-state index in [9.17, 15) is 23.5 Å². The fourth-order valence-electron chi connectivity index (χ4n) is 1.42. The summed E-state index contributed by atoms with van der Waals surface area (Å²) in [5.74, 6) is -2.95. The average molecular weight is 288 g/mol. The largest absolute Gasteiger partial charge is 0.481 e. The molecule has 8 heteroatoms. The Morgan fingerprint density at radius 1 is 1.35 bits per heavy atom. The number of aliphatic carboxylic acids is 1. The lowest BCUT2D eigenvalue weighted by Crippen LogP contribution is -2.43. The summed E-state index contributed by atoms with van der Waals surface area (Å²) in [7, 11) is 0. The van der Waals surface area contributed by atoms with Gasteiger partial charge in [-0.2, -0.15) is 0 Å². The fraction of sp³-hybridized carbons (Fsp3) is 0.333. The standard InChI is InChI=1S/C12H14F2N2O4/c1-12(20,5-10(17)18)6-15-11(19)16-9-3-2-7(13)4-8(9)14/h2-4,20H,5-6H2,1H3,(H,17,18)(H2,15,16,19). The number of halogens is 2. The van der Waals surface area contributed by atoms with E-state index in [2.05, 4.69) is 10.6 Å². The van der Waals surface area contributed by atoms with Crippen molar-refractivity contribution in [1.29, 1.82) is 0 Å². The third kappa shape index (κ3) is 5.19. The number of hydrogen-bond acceptors (Lipinski definition) is 3. The highest BCUT2D eigenvalue weighted by Crippen LogP contribution is 2.14. The maximum atomic E-state index is 13.2. The summed E-state index contributed by atoms with van der Waals surface area (Å²) in [6, 6.07) is 1.77. The normalized spacial score (nSPS) is 13.4. The highest BCUT2D eigenvalue weighted by molar-refractivity contribution is 5.89. The van der Waals surface area contributed by atoms with Crippen LogP contribution in [-0.2, 0) is 4.79 Å². The number of anilines is 1. The van der Waals surface area contributed by atoms with Crippen LogP contribution in [0.2, 0.25) is 0 Å². The van der Waals surface area contributed by atoms with Crippen molar-refractivity contribution in [1.82, 2.24) is 5.32 Å². The molecule has 0 aliphatic carbocycles. The number of hydrogen-bond donors (Lipinski definition) is 4. The van der Waals surface area contributed by atoms with Gasteiger partial charge in [0.05, 0.1) is 17.7 Å². The molecular weight excluding hydrogens is 274 g/mol. The van der Waals surface area contributed by atoms with Crippen LogP contribution in [0.4, 0.5) is 19.3 Å². The maximum Gasteiger partial charge on any atom is 0.319 e. The first-order chi connectivity index (χ1) is 9.19. The smallest absolute Gasteiger partial charge is 0.319 e. The molecule has 2 amide bonds. The Kier molecular flexibility index (Phi) is 4.98. The zero-order chi connectivity index (χ0) is 15.3. The minimum absolute atomic E-state index is 0.234. The number of carboxylic acids is 1. The molecule has 1 atom stereocenters. The Morgan fingerprint density at radius 3 is 2.55 bits per heavy atom. The highest BCUT2D eigenvalue weighted by Gasteiger charge is 2.24. The van der Waals surface area contributed by atoms with Gasteiger partial charge in [-0.3, -0.25) is 4.79 Å². The second kappa shape index (κ2) is 6.29. The van der Waals surface area contributed by atoms with Crippen molar-refractivity contribution in [3.05, 3.63) is 29.8 Å². The molecule has 0 aromatic heterocycles. The SMILES string of the molecule is CC(O)(CNC(=O)Nc1ccc(F)cc1F)CC(=O)O. The molecule has 1 rings (SSSR count). The first-order valence-electron chi connectivity index (χ1n) is 5.64. The molecule has 0 bridgehead atoms. The minimum atomic E-state index is -1.63. The van der Waals surface area contributed by atoms with E-state index in [-0.39, 0.29) is 12.2 Å². The van der Waals surface area contributed by atoms with Crippen molar-refractivity contribution in [3.8, 4) is 0 Å². The van der Waals surface area contributed by atoms with E-state index in [0.29, 0.717) is 6.07 Å². The summed E-state index contributed by atoms with van der Waals surface area (Å²) < 4.78 is 25.9. The second-order valence-electron chi connectivity index (χ2n) is 4.50. The van der Waals surface area contributed by atoms with Gasteiger partial charge in [-0.05, 0) is 19.1 Å². The lowest BCUT2D eigenvalue weighted by molar-refractivity contribution is -0.141. The molecule has 20 heavy (non-hydrogen) atoms. The summed E-state index contributed by atoms with van der Waals surface area (Å²) in [4.78, 5) is 21.9. The van der Waals surface area contributed by atoms with Crippen molar-refractivity contribution in [3.63, 3.8) is 0 Å². The van der Waals surface area contributed by atoms with Gasteiger partial charge in [0.15, 0.2) is 0 Å². The van der Waals surface area contributed by atoms with E-state index in [1.54, 1.807) is 0 Å². The summed E-state index contributed by atoms with van der Waals surface area (Å²) >= 11 is 0. The molecule has 6 nitrogen and oxygen atoms in total. The van der Waals surface area contributed by atoms with Gasteiger partial charge in [0, 0.05) is 12.6 Å². The molecule has 110 valence electrons. The number of carbonyl (C=O) groups excluding carboxylic acids is 1. The van der Waals surface area contributed by atoms with Crippen LogP contribution in [0, 0.1) is 11.6 Å². The number of aliphatic hydroxyl groups is 1. The Morgan fingerprint density at radius 2 is 2.00 bits per heavy atom. The number of rotatable bonds is 5. The third-order valence-electron chi connectivity index (χ3n) is 2.34. The Labute approximate surface area is 113 Å². The highest BCUT2D eigenvalue weighted by atomic mass is 19.1. The molecule has 0 aliphatic rings. The van der Waals surface area contributed by atoms with Gasteiger partial charge in [0.1, 0.15) is 11.6 Å². The van der Waals surface area contributed by atoms with E-state index in [0.717, 1.165) is 12.1 Å². The van der Waals surface area contributed by atoms with Crippen LogP contribution < -0.4 is 10.6 Å². The topological polar surface area (TPSA) is 98.7 Å². The number of amides is 2.